The van der Waals surface area contributed by atoms with Gasteiger partial charge in [0.1, 0.15) is 0 Å². The maximum Gasteiger partial charge on any atom is 0.253 e. The Balaban J connectivity index is 1.46. The van der Waals surface area contributed by atoms with Crippen molar-refractivity contribution in [1.82, 2.24) is 20.2 Å². The molecule has 2 heterocycles. The molecule has 4 rings (SSSR count). The minimum atomic E-state index is 0.00641. The highest BCUT2D eigenvalue weighted by molar-refractivity contribution is 5.95. The third kappa shape index (κ3) is 3.37. The molecule has 0 bridgehead atoms. The van der Waals surface area contributed by atoms with Crippen LogP contribution in [0.15, 0.2) is 48.5 Å². The molecule has 132 valence electrons. The van der Waals surface area contributed by atoms with Gasteiger partial charge in [0.25, 0.3) is 5.91 Å². The molecule has 3 aromatic rings. The van der Waals surface area contributed by atoms with Gasteiger partial charge in [0.2, 0.25) is 0 Å². The van der Waals surface area contributed by atoms with Gasteiger partial charge in [0, 0.05) is 37.1 Å². The second-order valence-corrected chi connectivity index (χ2v) is 6.36. The van der Waals surface area contributed by atoms with Gasteiger partial charge in [-0.05, 0) is 29.8 Å². The van der Waals surface area contributed by atoms with E-state index in [2.05, 4.69) is 10.2 Å². The fourth-order valence-corrected chi connectivity index (χ4v) is 3.11. The average Bonchev–Trinajstić information content (AvgIpc) is 3.10. The van der Waals surface area contributed by atoms with E-state index in [-0.39, 0.29) is 5.91 Å². The number of hydrogen-bond donors (Lipinski definition) is 2. The topological polar surface area (TPSA) is 72.5 Å². The Labute approximate surface area is 151 Å². The summed E-state index contributed by atoms with van der Waals surface area (Å²) in [5, 5.41) is 19.1. The molecule has 0 aliphatic carbocycles. The number of fused-ring (bicyclic) bond motifs is 1. The van der Waals surface area contributed by atoms with Crippen LogP contribution in [-0.2, 0) is 0 Å². The minimum absolute atomic E-state index is 0.00641. The Morgan fingerprint density at radius 2 is 1.73 bits per heavy atom. The van der Waals surface area contributed by atoms with Crippen molar-refractivity contribution in [2.45, 2.75) is 0 Å². The molecule has 0 spiro atoms. The molecule has 1 amide bonds. The van der Waals surface area contributed by atoms with Crippen molar-refractivity contribution in [3.63, 3.8) is 0 Å². The Hall–Kier alpha value is -2.96. The van der Waals surface area contributed by atoms with Crippen molar-refractivity contribution in [2.75, 3.05) is 26.2 Å². The number of benzene rings is 2. The van der Waals surface area contributed by atoms with Gasteiger partial charge in [-0.15, -0.1) is 0 Å². The largest absolute Gasteiger partial charge is 0.336 e. The lowest BCUT2D eigenvalue weighted by Crippen LogP contribution is -2.47. The number of carbonyl (C=O) groups is 1. The Bertz CT molecular complexity index is 938. The number of hydrogen-bond acceptors (Lipinski definition) is 4. The normalized spacial score (nSPS) is 15.8. The predicted octanol–water partition coefficient (Wildman–Crippen LogP) is 2.88. The lowest BCUT2D eigenvalue weighted by atomic mass is 10.1. The van der Waals surface area contributed by atoms with Gasteiger partial charge in [0.05, 0.1) is 11.2 Å². The fraction of sp³-hybridized carbons (Fsp3) is 0.200. The van der Waals surface area contributed by atoms with Crippen molar-refractivity contribution >= 4 is 29.0 Å². The van der Waals surface area contributed by atoms with Crippen molar-refractivity contribution in [3.05, 3.63) is 65.4 Å². The first-order valence-electron chi connectivity index (χ1n) is 8.65. The molecular formula is C20H20N4O2. The van der Waals surface area contributed by atoms with Crippen LogP contribution < -0.4 is 0 Å². The van der Waals surface area contributed by atoms with Crippen LogP contribution >= 0.6 is 0 Å². The lowest BCUT2D eigenvalue weighted by molar-refractivity contribution is -0.112. The molecule has 0 radical (unpaired) electrons. The predicted molar refractivity (Wildman–Crippen MR) is 101 cm³/mol. The molecule has 2 aromatic carbocycles. The molecule has 6 nitrogen and oxygen atoms in total. The first-order chi connectivity index (χ1) is 12.7. The summed E-state index contributed by atoms with van der Waals surface area (Å²) in [7, 11) is 0. The van der Waals surface area contributed by atoms with Crippen LogP contribution in [0, 0.1) is 0 Å². The average molecular weight is 348 g/mol. The fourth-order valence-electron chi connectivity index (χ4n) is 3.11. The van der Waals surface area contributed by atoms with E-state index >= 15 is 0 Å². The van der Waals surface area contributed by atoms with E-state index in [0.717, 1.165) is 22.2 Å². The summed E-state index contributed by atoms with van der Waals surface area (Å²) < 4.78 is 0. The lowest BCUT2D eigenvalue weighted by Gasteiger charge is -2.31. The molecule has 1 saturated heterocycles. The number of amides is 1. The van der Waals surface area contributed by atoms with E-state index in [1.54, 1.807) is 4.90 Å². The van der Waals surface area contributed by atoms with Gasteiger partial charge in [-0.3, -0.25) is 9.89 Å². The molecule has 1 aliphatic rings. The second kappa shape index (κ2) is 7.11. The number of para-hydroxylation sites is 1. The van der Waals surface area contributed by atoms with Gasteiger partial charge >= 0.3 is 0 Å². The Morgan fingerprint density at radius 3 is 2.50 bits per heavy atom. The number of H-pyrrole nitrogens is 1. The van der Waals surface area contributed by atoms with E-state index in [4.69, 9.17) is 0 Å². The molecule has 1 fully saturated rings. The molecule has 0 atom stereocenters. The third-order valence-corrected chi connectivity index (χ3v) is 4.63. The zero-order chi connectivity index (χ0) is 17.9. The highest BCUT2D eigenvalue weighted by Crippen LogP contribution is 2.18. The SMILES string of the molecule is O=C(c1ccc(C=Cc2n[nH]c3ccccc23)cc1)N1CCN(O)CC1. The maximum absolute atomic E-state index is 12.5. The van der Waals surface area contributed by atoms with Crippen LogP contribution in [0.4, 0.5) is 0 Å². The monoisotopic (exact) mass is 348 g/mol. The summed E-state index contributed by atoms with van der Waals surface area (Å²) in [6, 6.07) is 15.5. The van der Waals surface area contributed by atoms with Crippen LogP contribution in [-0.4, -0.2) is 57.5 Å². The third-order valence-electron chi connectivity index (χ3n) is 4.63. The van der Waals surface area contributed by atoms with Gasteiger partial charge in [0.15, 0.2) is 0 Å². The second-order valence-electron chi connectivity index (χ2n) is 6.36. The summed E-state index contributed by atoms with van der Waals surface area (Å²) in [4.78, 5) is 14.3. The molecule has 26 heavy (non-hydrogen) atoms. The number of nitrogens with one attached hydrogen (secondary N) is 1. The summed E-state index contributed by atoms with van der Waals surface area (Å²) in [5.41, 5.74) is 3.58. The van der Waals surface area contributed by atoms with Crippen LogP contribution in [0.3, 0.4) is 0 Å². The quantitative estimate of drug-likeness (QED) is 0.763. The molecular weight excluding hydrogens is 328 g/mol. The van der Waals surface area contributed by atoms with E-state index in [1.807, 2.05) is 60.7 Å². The Kier molecular flexibility index (Phi) is 4.51. The van der Waals surface area contributed by atoms with Gasteiger partial charge < -0.3 is 10.1 Å². The number of carbonyl (C=O) groups excluding carboxylic acids is 1. The van der Waals surface area contributed by atoms with Gasteiger partial charge in [-0.2, -0.15) is 10.2 Å². The Morgan fingerprint density at radius 1 is 1.00 bits per heavy atom. The van der Waals surface area contributed by atoms with Crippen molar-refractivity contribution in [1.29, 1.82) is 0 Å². The highest BCUT2D eigenvalue weighted by atomic mass is 16.5. The van der Waals surface area contributed by atoms with E-state index in [1.165, 1.54) is 5.06 Å². The van der Waals surface area contributed by atoms with Crippen LogP contribution in [0.25, 0.3) is 23.1 Å². The van der Waals surface area contributed by atoms with E-state index in [0.29, 0.717) is 31.7 Å². The number of piperazine rings is 1. The molecule has 1 aromatic heterocycles. The standard InChI is InChI=1S/C20H20N4O2/c25-20(23-11-13-24(26)14-12-23)16-8-5-15(6-9-16)7-10-19-17-3-1-2-4-18(17)21-22-19/h1-10,26H,11-14H2,(H,21,22). The molecule has 2 N–H and O–H groups in total. The number of hydroxylamine groups is 2. The zero-order valence-electron chi connectivity index (χ0n) is 14.3. The first kappa shape index (κ1) is 16.5. The maximum atomic E-state index is 12.5. The number of rotatable bonds is 3. The van der Waals surface area contributed by atoms with Crippen LogP contribution in [0.5, 0.6) is 0 Å². The minimum Gasteiger partial charge on any atom is -0.336 e. The summed E-state index contributed by atoms with van der Waals surface area (Å²) in [6.45, 7) is 2.07. The van der Waals surface area contributed by atoms with Gasteiger partial charge in [-0.1, -0.05) is 36.4 Å². The van der Waals surface area contributed by atoms with Crippen molar-refractivity contribution in [3.8, 4) is 0 Å². The summed E-state index contributed by atoms with van der Waals surface area (Å²) in [5.74, 6) is 0.00641. The van der Waals surface area contributed by atoms with E-state index in [9.17, 15) is 10.0 Å². The summed E-state index contributed by atoms with van der Waals surface area (Å²) >= 11 is 0. The molecule has 0 unspecified atom stereocenters. The van der Waals surface area contributed by atoms with Crippen LogP contribution in [0.1, 0.15) is 21.6 Å². The summed E-state index contributed by atoms with van der Waals surface area (Å²) in [6.07, 6.45) is 3.96. The van der Waals surface area contributed by atoms with Crippen molar-refractivity contribution < 1.29 is 10.0 Å². The molecule has 6 heteroatoms. The first-order valence-corrected chi connectivity index (χ1v) is 8.65. The smallest absolute Gasteiger partial charge is 0.253 e. The molecule has 0 saturated carbocycles. The number of aromatic nitrogens is 2. The van der Waals surface area contributed by atoms with Gasteiger partial charge in [-0.25, -0.2) is 0 Å². The van der Waals surface area contributed by atoms with E-state index < -0.39 is 0 Å². The highest BCUT2D eigenvalue weighted by Gasteiger charge is 2.20. The zero-order valence-corrected chi connectivity index (χ0v) is 14.3. The number of nitrogens with zero attached hydrogens (tertiary/aromatic N) is 3. The van der Waals surface area contributed by atoms with Crippen LogP contribution in [0.2, 0.25) is 0 Å². The number of aromatic amines is 1. The molecule has 1 aliphatic heterocycles. The van der Waals surface area contributed by atoms with Crippen molar-refractivity contribution in [2.24, 2.45) is 0 Å².